The summed E-state index contributed by atoms with van der Waals surface area (Å²) in [6, 6.07) is 13.0. The number of hydrogen-bond acceptors (Lipinski definition) is 3. The lowest BCUT2D eigenvalue weighted by atomic mass is 10.2. The molecule has 1 aliphatic rings. The van der Waals surface area contributed by atoms with Crippen LogP contribution in [0.2, 0.25) is 0 Å². The Balaban J connectivity index is 1.59. The number of fused-ring (bicyclic) bond motifs is 1. The molecule has 3 rings (SSSR count). The van der Waals surface area contributed by atoms with Gasteiger partial charge in [-0.05, 0) is 56.3 Å². The van der Waals surface area contributed by atoms with E-state index in [4.69, 9.17) is 0 Å². The van der Waals surface area contributed by atoms with Crippen LogP contribution >= 0.6 is 0 Å². The van der Waals surface area contributed by atoms with Crippen molar-refractivity contribution in [2.24, 2.45) is 0 Å². The van der Waals surface area contributed by atoms with Crippen molar-refractivity contribution in [1.29, 1.82) is 0 Å². The predicted octanol–water partition coefficient (Wildman–Crippen LogP) is 2.67. The Morgan fingerprint density at radius 3 is 2.62 bits per heavy atom. The number of anilines is 2. The summed E-state index contributed by atoms with van der Waals surface area (Å²) in [5.41, 5.74) is 2.65. The minimum absolute atomic E-state index is 0.0213. The fourth-order valence-corrected chi connectivity index (χ4v) is 3.08. The summed E-state index contributed by atoms with van der Waals surface area (Å²) in [4.78, 5) is 28.5. The zero-order valence-corrected chi connectivity index (χ0v) is 14.9. The van der Waals surface area contributed by atoms with E-state index < -0.39 is 6.04 Å². The van der Waals surface area contributed by atoms with Gasteiger partial charge >= 0.3 is 0 Å². The van der Waals surface area contributed by atoms with Crippen molar-refractivity contribution in [3.05, 3.63) is 59.9 Å². The van der Waals surface area contributed by atoms with Gasteiger partial charge in [0.2, 0.25) is 11.8 Å². The third-order valence-electron chi connectivity index (χ3n) is 4.69. The number of amides is 2. The Hall–Kier alpha value is -2.73. The largest absolute Gasteiger partial charge is 0.325 e. The third-order valence-corrected chi connectivity index (χ3v) is 4.69. The number of carbonyl (C=O) groups is 2. The molecule has 0 fully saturated rings. The summed E-state index contributed by atoms with van der Waals surface area (Å²) in [6.45, 7) is 2.53. The number of hydrogen-bond donors (Lipinski definition) is 1. The van der Waals surface area contributed by atoms with Crippen molar-refractivity contribution in [3.63, 3.8) is 0 Å². The average Bonchev–Trinajstić information content (AvgIpc) is 3.06. The van der Waals surface area contributed by atoms with Crippen LogP contribution in [0.4, 0.5) is 15.8 Å². The minimum Gasteiger partial charge on any atom is -0.325 e. The maximum absolute atomic E-state index is 12.9. The summed E-state index contributed by atoms with van der Waals surface area (Å²) in [5.74, 6) is -0.627. The molecule has 0 spiro atoms. The molecule has 26 heavy (non-hydrogen) atoms. The maximum atomic E-state index is 12.9. The van der Waals surface area contributed by atoms with Crippen molar-refractivity contribution in [2.45, 2.75) is 19.4 Å². The van der Waals surface area contributed by atoms with Crippen LogP contribution in [0.1, 0.15) is 12.5 Å². The molecule has 2 amide bonds. The Morgan fingerprint density at radius 2 is 1.88 bits per heavy atom. The number of nitrogens with one attached hydrogen (secondary N) is 1. The highest BCUT2D eigenvalue weighted by Crippen LogP contribution is 2.28. The third kappa shape index (κ3) is 3.91. The van der Waals surface area contributed by atoms with Gasteiger partial charge in [-0.1, -0.05) is 18.2 Å². The van der Waals surface area contributed by atoms with Gasteiger partial charge in [-0.3, -0.25) is 14.5 Å². The van der Waals surface area contributed by atoms with Crippen LogP contribution in [0.5, 0.6) is 0 Å². The highest BCUT2D eigenvalue weighted by Gasteiger charge is 2.30. The molecule has 1 atom stereocenters. The lowest BCUT2D eigenvalue weighted by molar-refractivity contribution is -0.124. The fraction of sp³-hybridized carbons (Fsp3) is 0.300. The quantitative estimate of drug-likeness (QED) is 0.897. The monoisotopic (exact) mass is 355 g/mol. The van der Waals surface area contributed by atoms with Crippen molar-refractivity contribution in [2.75, 3.05) is 30.4 Å². The number of benzene rings is 2. The van der Waals surface area contributed by atoms with Gasteiger partial charge in [0.25, 0.3) is 0 Å². The minimum atomic E-state index is -0.430. The first-order valence-electron chi connectivity index (χ1n) is 8.60. The summed E-state index contributed by atoms with van der Waals surface area (Å²) in [5, 5.41) is 2.71. The number of nitrogens with zero attached hydrogens (tertiary/aromatic N) is 2. The van der Waals surface area contributed by atoms with Crippen LogP contribution in [0.25, 0.3) is 0 Å². The van der Waals surface area contributed by atoms with Crippen molar-refractivity contribution in [1.82, 2.24) is 4.90 Å². The second-order valence-corrected chi connectivity index (χ2v) is 6.51. The second-order valence-electron chi connectivity index (χ2n) is 6.51. The summed E-state index contributed by atoms with van der Waals surface area (Å²) in [6.07, 6.45) is 0.851. The molecule has 0 bridgehead atoms. The highest BCUT2D eigenvalue weighted by molar-refractivity contribution is 5.99. The summed E-state index contributed by atoms with van der Waals surface area (Å²) >= 11 is 0. The smallest absolute Gasteiger partial charge is 0.244 e. The van der Waals surface area contributed by atoms with Crippen LogP contribution in [0.15, 0.2) is 48.5 Å². The predicted molar refractivity (Wildman–Crippen MR) is 99.6 cm³/mol. The number of halogens is 1. The topological polar surface area (TPSA) is 52.7 Å². The van der Waals surface area contributed by atoms with E-state index in [1.165, 1.54) is 29.8 Å². The molecular formula is C20H22FN3O2. The molecule has 2 aromatic rings. The molecule has 0 aliphatic carbocycles. The van der Waals surface area contributed by atoms with Gasteiger partial charge < -0.3 is 10.2 Å². The van der Waals surface area contributed by atoms with Gasteiger partial charge in [0.1, 0.15) is 5.82 Å². The van der Waals surface area contributed by atoms with E-state index in [1.807, 2.05) is 24.3 Å². The van der Waals surface area contributed by atoms with E-state index in [1.54, 1.807) is 23.8 Å². The van der Waals surface area contributed by atoms with Gasteiger partial charge in [0.05, 0.1) is 12.6 Å². The van der Waals surface area contributed by atoms with Crippen molar-refractivity contribution < 1.29 is 14.0 Å². The first kappa shape index (κ1) is 18.1. The molecule has 136 valence electrons. The lowest BCUT2D eigenvalue weighted by Gasteiger charge is -2.28. The highest BCUT2D eigenvalue weighted by atomic mass is 19.1. The summed E-state index contributed by atoms with van der Waals surface area (Å²) in [7, 11) is 1.74. The van der Waals surface area contributed by atoms with Crippen molar-refractivity contribution in [3.8, 4) is 0 Å². The van der Waals surface area contributed by atoms with Crippen LogP contribution in [-0.4, -0.2) is 42.9 Å². The number of para-hydroxylation sites is 1. The Morgan fingerprint density at radius 1 is 1.19 bits per heavy atom. The van der Waals surface area contributed by atoms with Gasteiger partial charge in [0.15, 0.2) is 0 Å². The number of rotatable bonds is 5. The van der Waals surface area contributed by atoms with Gasteiger partial charge in [0, 0.05) is 17.9 Å². The van der Waals surface area contributed by atoms with E-state index in [9.17, 15) is 14.0 Å². The molecule has 1 N–H and O–H groups in total. The van der Waals surface area contributed by atoms with Crippen LogP contribution in [0.3, 0.4) is 0 Å². The van der Waals surface area contributed by atoms with E-state index >= 15 is 0 Å². The standard InChI is InChI=1S/C20H22FN3O2/c1-14(20(26)24-12-11-15-5-3-4-6-18(15)24)23(2)13-19(25)22-17-9-7-16(21)8-10-17/h3-10,14H,11-13H2,1-2H3,(H,22,25)/t14-/m0/s1. The molecule has 0 saturated carbocycles. The van der Waals surface area contributed by atoms with Gasteiger partial charge in [-0.25, -0.2) is 4.39 Å². The number of carbonyl (C=O) groups excluding carboxylic acids is 2. The molecule has 1 heterocycles. The zero-order chi connectivity index (χ0) is 18.7. The van der Waals surface area contributed by atoms with Gasteiger partial charge in [-0.15, -0.1) is 0 Å². The Kier molecular flexibility index (Phi) is 5.32. The van der Waals surface area contributed by atoms with Crippen LogP contribution in [-0.2, 0) is 16.0 Å². The van der Waals surface area contributed by atoms with Crippen molar-refractivity contribution >= 4 is 23.2 Å². The first-order chi connectivity index (χ1) is 12.5. The van der Waals surface area contributed by atoms with Gasteiger partial charge in [-0.2, -0.15) is 0 Å². The maximum Gasteiger partial charge on any atom is 0.244 e. The normalized spacial score (nSPS) is 14.2. The number of likely N-dealkylation sites (N-methyl/N-ethyl adjacent to an activating group) is 1. The van der Waals surface area contributed by atoms with E-state index in [-0.39, 0.29) is 24.2 Å². The molecule has 5 nitrogen and oxygen atoms in total. The molecule has 1 aliphatic heterocycles. The van der Waals surface area contributed by atoms with E-state index in [0.717, 1.165) is 12.1 Å². The first-order valence-corrected chi connectivity index (χ1v) is 8.60. The van der Waals surface area contributed by atoms with E-state index in [2.05, 4.69) is 5.32 Å². The van der Waals surface area contributed by atoms with Crippen LogP contribution < -0.4 is 10.2 Å². The fourth-order valence-electron chi connectivity index (χ4n) is 3.08. The van der Waals surface area contributed by atoms with Crippen LogP contribution in [0, 0.1) is 5.82 Å². The Labute approximate surface area is 152 Å². The average molecular weight is 355 g/mol. The molecule has 0 radical (unpaired) electrons. The second kappa shape index (κ2) is 7.66. The zero-order valence-electron chi connectivity index (χ0n) is 14.9. The Bertz CT molecular complexity index is 807. The molecular weight excluding hydrogens is 333 g/mol. The molecule has 2 aromatic carbocycles. The SMILES string of the molecule is C[C@@H](C(=O)N1CCc2ccccc21)N(C)CC(=O)Nc1ccc(F)cc1. The lowest BCUT2D eigenvalue weighted by Crippen LogP contribution is -2.47. The molecule has 0 unspecified atom stereocenters. The molecule has 6 heteroatoms. The van der Waals surface area contributed by atoms with E-state index in [0.29, 0.717) is 12.2 Å². The molecule has 0 aromatic heterocycles. The summed E-state index contributed by atoms with van der Waals surface area (Å²) < 4.78 is 12.9. The molecule has 0 saturated heterocycles.